The highest BCUT2D eigenvalue weighted by molar-refractivity contribution is 5.92. The lowest BCUT2D eigenvalue weighted by molar-refractivity contribution is -0.137. The summed E-state index contributed by atoms with van der Waals surface area (Å²) in [6, 6.07) is 18.1. The van der Waals surface area contributed by atoms with Crippen LogP contribution >= 0.6 is 0 Å². The van der Waals surface area contributed by atoms with Crippen molar-refractivity contribution in [2.45, 2.75) is 6.18 Å². The molecule has 5 aromatic rings. The maximum atomic E-state index is 13.2. The molecule has 0 N–H and O–H groups in total. The van der Waals surface area contributed by atoms with Gasteiger partial charge in [0.2, 0.25) is 5.82 Å². The van der Waals surface area contributed by atoms with Crippen molar-refractivity contribution >= 4 is 10.8 Å². The summed E-state index contributed by atoms with van der Waals surface area (Å²) in [6.45, 7) is 0. The molecule has 2 aromatic heterocycles. The molecule has 10 heteroatoms. The molecular weight excluding hydrogens is 449 g/mol. The highest BCUT2D eigenvalue weighted by Crippen LogP contribution is 2.31. The Bertz CT molecular complexity index is 1560. The molecule has 5 rings (SSSR count). The number of benzene rings is 3. The number of hydrogen-bond donors (Lipinski definition) is 0. The molecule has 0 unspecified atom stereocenters. The van der Waals surface area contributed by atoms with Gasteiger partial charge in [-0.3, -0.25) is 4.79 Å². The Morgan fingerprint density at radius 1 is 0.941 bits per heavy atom. The van der Waals surface area contributed by atoms with E-state index < -0.39 is 11.7 Å². The van der Waals surface area contributed by atoms with Gasteiger partial charge in [0.25, 0.3) is 11.4 Å². The molecule has 0 bridgehead atoms. The highest BCUT2D eigenvalue weighted by atomic mass is 19.4. The smallest absolute Gasteiger partial charge is 0.416 e. The van der Waals surface area contributed by atoms with Crippen LogP contribution in [0.5, 0.6) is 5.75 Å². The van der Waals surface area contributed by atoms with E-state index >= 15 is 0 Å². The minimum atomic E-state index is -4.45. The number of rotatable bonds is 4. The third-order valence-corrected chi connectivity index (χ3v) is 5.20. The summed E-state index contributed by atoms with van der Waals surface area (Å²) >= 11 is 0. The zero-order valence-electron chi connectivity index (χ0n) is 17.6. The molecule has 2 heterocycles. The minimum absolute atomic E-state index is 0.0164. The average molecular weight is 464 g/mol. The standard InChI is InChI=1S/C24H15F3N4O3/c1-33-17-6-4-5-16(13-17)31-23(32)19-8-3-2-7-18(19)20(29-31)22-28-21(30-34-22)14-9-11-15(12-10-14)24(25,26)27/h2-13H,1H3. The normalized spacial score (nSPS) is 11.6. The number of ether oxygens (including phenoxy) is 1. The molecule has 34 heavy (non-hydrogen) atoms. The van der Waals surface area contributed by atoms with E-state index in [-0.39, 0.29) is 23.0 Å². The first-order valence-electron chi connectivity index (χ1n) is 10.0. The molecular formula is C24H15F3N4O3. The lowest BCUT2D eigenvalue weighted by Gasteiger charge is -2.10. The van der Waals surface area contributed by atoms with E-state index in [1.165, 1.54) is 23.9 Å². The predicted molar refractivity (Wildman–Crippen MR) is 118 cm³/mol. The summed E-state index contributed by atoms with van der Waals surface area (Å²) in [5, 5.41) is 9.25. The molecule has 0 saturated heterocycles. The molecule has 0 aliphatic rings. The molecule has 0 amide bonds. The van der Waals surface area contributed by atoms with Gasteiger partial charge in [0.1, 0.15) is 5.75 Å². The third kappa shape index (κ3) is 3.79. The molecule has 0 aliphatic heterocycles. The zero-order valence-corrected chi connectivity index (χ0v) is 17.6. The van der Waals surface area contributed by atoms with E-state index in [2.05, 4.69) is 15.2 Å². The summed E-state index contributed by atoms with van der Waals surface area (Å²) in [5.74, 6) is 0.653. The van der Waals surface area contributed by atoms with Crippen LogP contribution in [0.2, 0.25) is 0 Å². The zero-order chi connectivity index (χ0) is 23.9. The maximum Gasteiger partial charge on any atom is 0.416 e. The Hall–Kier alpha value is -4.47. The van der Waals surface area contributed by atoms with Crippen molar-refractivity contribution in [2.75, 3.05) is 7.11 Å². The Balaban J connectivity index is 1.64. The quantitative estimate of drug-likeness (QED) is 0.367. The van der Waals surface area contributed by atoms with Crippen molar-refractivity contribution < 1.29 is 22.4 Å². The van der Waals surface area contributed by atoms with E-state index in [1.807, 2.05) is 0 Å². The fraction of sp³-hybridized carbons (Fsp3) is 0.0833. The third-order valence-electron chi connectivity index (χ3n) is 5.20. The molecule has 7 nitrogen and oxygen atoms in total. The molecule has 3 aromatic carbocycles. The van der Waals surface area contributed by atoms with Crippen LogP contribution in [0.3, 0.4) is 0 Å². The summed E-state index contributed by atoms with van der Waals surface area (Å²) in [7, 11) is 1.52. The van der Waals surface area contributed by atoms with Crippen LogP contribution in [-0.2, 0) is 6.18 Å². The van der Waals surface area contributed by atoms with Gasteiger partial charge in [-0.05, 0) is 30.3 Å². The molecule has 0 fully saturated rings. The number of nitrogens with zero attached hydrogens (tertiary/aromatic N) is 4. The van der Waals surface area contributed by atoms with E-state index in [0.29, 0.717) is 27.8 Å². The fourth-order valence-corrected chi connectivity index (χ4v) is 3.51. The average Bonchev–Trinajstić information content (AvgIpc) is 3.34. The summed E-state index contributed by atoms with van der Waals surface area (Å²) in [4.78, 5) is 17.5. The van der Waals surface area contributed by atoms with Crippen LogP contribution in [0.1, 0.15) is 5.56 Å². The van der Waals surface area contributed by atoms with Crippen molar-refractivity contribution in [1.82, 2.24) is 19.9 Å². The second-order valence-electron chi connectivity index (χ2n) is 7.31. The number of hydrogen-bond acceptors (Lipinski definition) is 6. The van der Waals surface area contributed by atoms with Crippen LogP contribution in [0.15, 0.2) is 82.1 Å². The summed E-state index contributed by atoms with van der Waals surface area (Å²) in [5.41, 5.74) is -0.0657. The van der Waals surface area contributed by atoms with Gasteiger partial charge in [-0.25, -0.2) is 0 Å². The highest BCUT2D eigenvalue weighted by Gasteiger charge is 2.30. The van der Waals surface area contributed by atoms with Gasteiger partial charge < -0.3 is 9.26 Å². The monoisotopic (exact) mass is 464 g/mol. The van der Waals surface area contributed by atoms with Gasteiger partial charge in [-0.15, -0.1) is 0 Å². The second-order valence-corrected chi connectivity index (χ2v) is 7.31. The van der Waals surface area contributed by atoms with Crippen LogP contribution in [0.25, 0.3) is 39.4 Å². The van der Waals surface area contributed by atoms with Gasteiger partial charge in [0, 0.05) is 17.0 Å². The van der Waals surface area contributed by atoms with Crippen LogP contribution < -0.4 is 10.3 Å². The van der Waals surface area contributed by atoms with Crippen molar-refractivity contribution in [3.05, 3.63) is 88.7 Å². The van der Waals surface area contributed by atoms with Gasteiger partial charge in [-0.1, -0.05) is 41.6 Å². The topological polar surface area (TPSA) is 83.0 Å². The largest absolute Gasteiger partial charge is 0.497 e. The van der Waals surface area contributed by atoms with E-state index in [0.717, 1.165) is 12.1 Å². The Labute approximate surface area is 190 Å². The molecule has 0 spiro atoms. The minimum Gasteiger partial charge on any atom is -0.497 e. The molecule has 0 aliphatic carbocycles. The van der Waals surface area contributed by atoms with Gasteiger partial charge in [0.05, 0.1) is 23.7 Å². The van der Waals surface area contributed by atoms with Crippen LogP contribution in [-0.4, -0.2) is 27.0 Å². The van der Waals surface area contributed by atoms with Crippen molar-refractivity contribution in [3.8, 4) is 34.4 Å². The lowest BCUT2D eigenvalue weighted by atomic mass is 10.1. The molecule has 0 saturated carbocycles. The number of aromatic nitrogens is 4. The molecule has 170 valence electrons. The number of halogens is 3. The van der Waals surface area contributed by atoms with Gasteiger partial charge in [0.15, 0.2) is 5.69 Å². The van der Waals surface area contributed by atoms with Crippen molar-refractivity contribution in [2.24, 2.45) is 0 Å². The Kier molecular flexibility index (Phi) is 5.12. The van der Waals surface area contributed by atoms with Gasteiger partial charge >= 0.3 is 6.18 Å². The maximum absolute atomic E-state index is 13.2. The number of methoxy groups -OCH3 is 1. The number of alkyl halides is 3. The molecule has 0 atom stereocenters. The first-order chi connectivity index (χ1) is 16.3. The lowest BCUT2D eigenvalue weighted by Crippen LogP contribution is -2.22. The first kappa shape index (κ1) is 21.4. The first-order valence-corrected chi connectivity index (χ1v) is 10.0. The Morgan fingerprint density at radius 3 is 2.38 bits per heavy atom. The fourth-order valence-electron chi connectivity index (χ4n) is 3.51. The predicted octanol–water partition coefficient (Wildman–Crippen LogP) is 5.13. The van der Waals surface area contributed by atoms with Crippen LogP contribution in [0.4, 0.5) is 13.2 Å². The summed E-state index contributed by atoms with van der Waals surface area (Å²) < 4.78 is 50.4. The SMILES string of the molecule is COc1cccc(-n2nc(-c3nc(-c4ccc(C(F)(F)F)cc4)no3)c3ccccc3c2=O)c1. The summed E-state index contributed by atoms with van der Waals surface area (Å²) in [6.07, 6.45) is -4.45. The van der Waals surface area contributed by atoms with Gasteiger partial charge in [-0.2, -0.15) is 27.9 Å². The van der Waals surface area contributed by atoms with Crippen LogP contribution in [0, 0.1) is 0 Å². The van der Waals surface area contributed by atoms with Crippen molar-refractivity contribution in [3.63, 3.8) is 0 Å². The van der Waals surface area contributed by atoms with E-state index in [1.54, 1.807) is 48.5 Å². The number of fused-ring (bicyclic) bond motifs is 1. The van der Waals surface area contributed by atoms with E-state index in [4.69, 9.17) is 9.26 Å². The van der Waals surface area contributed by atoms with Crippen molar-refractivity contribution in [1.29, 1.82) is 0 Å². The second kappa shape index (κ2) is 8.14. The Morgan fingerprint density at radius 2 is 1.68 bits per heavy atom. The van der Waals surface area contributed by atoms with E-state index in [9.17, 15) is 18.0 Å². The molecule has 0 radical (unpaired) electrons.